The van der Waals surface area contributed by atoms with Crippen LogP contribution in [-0.2, 0) is 0 Å². The zero-order valence-corrected chi connectivity index (χ0v) is 12.2. The number of anilines is 1. The molecule has 2 aromatic rings. The topological polar surface area (TPSA) is 88.3 Å². The minimum absolute atomic E-state index is 0.0172. The van der Waals surface area contributed by atoms with Crippen molar-refractivity contribution in [3.8, 4) is 0 Å². The lowest BCUT2D eigenvalue weighted by Gasteiger charge is -2.24. The molecule has 20 heavy (non-hydrogen) atoms. The van der Waals surface area contributed by atoms with Gasteiger partial charge in [-0.2, -0.15) is 0 Å². The third kappa shape index (κ3) is 3.05. The predicted octanol–water partition coefficient (Wildman–Crippen LogP) is 3.03. The van der Waals surface area contributed by atoms with Gasteiger partial charge in [0.05, 0.1) is 15.1 Å². The average Bonchev–Trinajstić information content (AvgIpc) is 2.83. The van der Waals surface area contributed by atoms with Gasteiger partial charge in [-0.05, 0) is 24.0 Å². The van der Waals surface area contributed by atoms with Crippen molar-refractivity contribution in [3.63, 3.8) is 0 Å². The summed E-state index contributed by atoms with van der Waals surface area (Å²) >= 11 is 1.38. The lowest BCUT2D eigenvalue weighted by molar-refractivity contribution is -0.382. The normalized spacial score (nSPS) is 11.8. The SMILES string of the molecule is CC(C)(CCO)CNc1ccc2scnc2c1[N+](=O)[O-]. The molecular weight excluding hydrogens is 278 g/mol. The summed E-state index contributed by atoms with van der Waals surface area (Å²) in [6, 6.07) is 3.55. The smallest absolute Gasteiger partial charge is 0.319 e. The van der Waals surface area contributed by atoms with Crippen molar-refractivity contribution in [2.75, 3.05) is 18.5 Å². The Morgan fingerprint density at radius 3 is 2.90 bits per heavy atom. The summed E-state index contributed by atoms with van der Waals surface area (Å²) in [5.74, 6) is 0. The maximum Gasteiger partial charge on any atom is 0.319 e. The minimum atomic E-state index is -0.399. The lowest BCUT2D eigenvalue weighted by Crippen LogP contribution is -2.24. The van der Waals surface area contributed by atoms with Crippen LogP contribution in [0.4, 0.5) is 11.4 Å². The number of rotatable bonds is 6. The van der Waals surface area contributed by atoms with Gasteiger partial charge in [-0.1, -0.05) is 13.8 Å². The van der Waals surface area contributed by atoms with Crippen molar-refractivity contribution in [2.24, 2.45) is 5.41 Å². The fraction of sp³-hybridized carbons (Fsp3) is 0.462. The number of nitro groups is 1. The molecule has 2 rings (SSSR count). The monoisotopic (exact) mass is 295 g/mol. The van der Waals surface area contributed by atoms with Crippen molar-refractivity contribution in [1.82, 2.24) is 4.98 Å². The zero-order valence-electron chi connectivity index (χ0n) is 11.4. The number of nitrogens with zero attached hydrogens (tertiary/aromatic N) is 2. The quantitative estimate of drug-likeness (QED) is 0.631. The summed E-state index contributed by atoms with van der Waals surface area (Å²) in [5, 5.41) is 23.4. The Morgan fingerprint density at radius 2 is 2.25 bits per heavy atom. The Kier molecular flexibility index (Phi) is 4.20. The molecule has 0 aliphatic rings. The Bertz CT molecular complexity index is 624. The molecule has 1 heterocycles. The van der Waals surface area contributed by atoms with Crippen molar-refractivity contribution < 1.29 is 10.0 Å². The van der Waals surface area contributed by atoms with Gasteiger partial charge >= 0.3 is 5.69 Å². The van der Waals surface area contributed by atoms with E-state index in [0.717, 1.165) is 4.70 Å². The molecule has 1 aromatic carbocycles. The van der Waals surface area contributed by atoms with Crippen LogP contribution in [0, 0.1) is 15.5 Å². The number of nitro benzene ring substituents is 1. The summed E-state index contributed by atoms with van der Waals surface area (Å²) < 4.78 is 0.803. The molecule has 0 radical (unpaired) electrons. The van der Waals surface area contributed by atoms with Crippen molar-refractivity contribution >= 4 is 32.9 Å². The first-order valence-corrected chi connectivity index (χ1v) is 7.18. The van der Waals surface area contributed by atoms with Crippen LogP contribution in [0.2, 0.25) is 0 Å². The van der Waals surface area contributed by atoms with E-state index in [-0.39, 0.29) is 17.7 Å². The average molecular weight is 295 g/mol. The second-order valence-electron chi connectivity index (χ2n) is 5.41. The molecule has 0 unspecified atom stereocenters. The Hall–Kier alpha value is -1.73. The standard InChI is InChI=1S/C13H17N3O3S/c1-13(2,5-6-17)7-14-9-3-4-10-11(15-8-20-10)12(9)16(18)19/h3-4,8,14,17H,5-7H2,1-2H3. The maximum atomic E-state index is 11.3. The highest BCUT2D eigenvalue weighted by Gasteiger charge is 2.23. The van der Waals surface area contributed by atoms with Crippen molar-refractivity contribution in [3.05, 3.63) is 27.8 Å². The summed E-state index contributed by atoms with van der Waals surface area (Å²) in [5.41, 5.74) is 2.38. The molecular formula is C13H17N3O3S. The third-order valence-electron chi connectivity index (χ3n) is 3.20. The van der Waals surface area contributed by atoms with Crippen molar-refractivity contribution in [1.29, 1.82) is 0 Å². The van der Waals surface area contributed by atoms with E-state index < -0.39 is 4.92 Å². The van der Waals surface area contributed by atoms with Crippen LogP contribution in [0.5, 0.6) is 0 Å². The van der Waals surface area contributed by atoms with E-state index in [4.69, 9.17) is 5.11 Å². The molecule has 0 saturated heterocycles. The molecule has 0 amide bonds. The molecule has 0 fully saturated rings. The fourth-order valence-corrected chi connectivity index (χ4v) is 2.65. The molecule has 0 bridgehead atoms. The van der Waals surface area contributed by atoms with E-state index >= 15 is 0 Å². The van der Waals surface area contributed by atoms with E-state index in [0.29, 0.717) is 24.2 Å². The van der Waals surface area contributed by atoms with Gasteiger partial charge in [-0.3, -0.25) is 10.1 Å². The van der Waals surface area contributed by atoms with Gasteiger partial charge in [-0.15, -0.1) is 11.3 Å². The summed E-state index contributed by atoms with van der Waals surface area (Å²) in [7, 11) is 0. The van der Waals surface area contributed by atoms with Crippen LogP contribution in [0.3, 0.4) is 0 Å². The number of thiazole rings is 1. The van der Waals surface area contributed by atoms with Crippen LogP contribution in [0.1, 0.15) is 20.3 Å². The van der Waals surface area contributed by atoms with Crippen LogP contribution in [0.15, 0.2) is 17.6 Å². The summed E-state index contributed by atoms with van der Waals surface area (Å²) in [4.78, 5) is 15.0. The number of aliphatic hydroxyl groups excluding tert-OH is 1. The highest BCUT2D eigenvalue weighted by Crippen LogP contribution is 2.35. The second-order valence-corrected chi connectivity index (χ2v) is 6.30. The Morgan fingerprint density at radius 1 is 1.50 bits per heavy atom. The van der Waals surface area contributed by atoms with Crippen LogP contribution in [0.25, 0.3) is 10.2 Å². The van der Waals surface area contributed by atoms with Gasteiger partial charge in [-0.25, -0.2) is 4.98 Å². The molecule has 1 aromatic heterocycles. The summed E-state index contributed by atoms with van der Waals surface area (Å²) in [6.45, 7) is 4.65. The first-order valence-electron chi connectivity index (χ1n) is 6.30. The lowest BCUT2D eigenvalue weighted by atomic mass is 9.89. The van der Waals surface area contributed by atoms with Gasteiger partial charge in [0.15, 0.2) is 5.52 Å². The molecule has 0 aliphatic heterocycles. The minimum Gasteiger partial charge on any atom is -0.396 e. The Balaban J connectivity index is 2.30. The molecule has 0 atom stereocenters. The first kappa shape index (κ1) is 14.7. The van der Waals surface area contributed by atoms with Gasteiger partial charge in [0.2, 0.25) is 0 Å². The van der Waals surface area contributed by atoms with Crippen LogP contribution >= 0.6 is 11.3 Å². The van der Waals surface area contributed by atoms with Gasteiger partial charge in [0.1, 0.15) is 5.69 Å². The van der Waals surface area contributed by atoms with Crippen LogP contribution in [-0.4, -0.2) is 28.2 Å². The number of fused-ring (bicyclic) bond motifs is 1. The number of aromatic nitrogens is 1. The van der Waals surface area contributed by atoms with Gasteiger partial charge in [0.25, 0.3) is 0 Å². The molecule has 0 saturated carbocycles. The van der Waals surface area contributed by atoms with E-state index in [9.17, 15) is 10.1 Å². The summed E-state index contributed by atoms with van der Waals surface area (Å²) in [6.07, 6.45) is 0.632. The van der Waals surface area contributed by atoms with Crippen molar-refractivity contribution in [2.45, 2.75) is 20.3 Å². The van der Waals surface area contributed by atoms with E-state index in [1.807, 2.05) is 19.9 Å². The zero-order chi connectivity index (χ0) is 14.8. The van der Waals surface area contributed by atoms with E-state index in [1.54, 1.807) is 11.6 Å². The number of aliphatic hydroxyl groups is 1. The highest BCUT2D eigenvalue weighted by atomic mass is 32.1. The predicted molar refractivity (Wildman–Crippen MR) is 80.2 cm³/mol. The molecule has 108 valence electrons. The fourth-order valence-electron chi connectivity index (χ4n) is 1.97. The molecule has 6 nitrogen and oxygen atoms in total. The molecule has 2 N–H and O–H groups in total. The highest BCUT2D eigenvalue weighted by molar-refractivity contribution is 7.16. The molecule has 0 spiro atoms. The number of hydrogen-bond donors (Lipinski definition) is 2. The number of nitrogens with one attached hydrogen (secondary N) is 1. The largest absolute Gasteiger partial charge is 0.396 e. The number of hydrogen-bond acceptors (Lipinski definition) is 6. The first-order chi connectivity index (χ1) is 9.44. The maximum absolute atomic E-state index is 11.3. The van der Waals surface area contributed by atoms with Crippen LogP contribution < -0.4 is 5.32 Å². The molecule has 0 aliphatic carbocycles. The molecule has 7 heteroatoms. The van der Waals surface area contributed by atoms with E-state index in [1.165, 1.54) is 11.3 Å². The number of benzene rings is 1. The second kappa shape index (κ2) is 5.72. The van der Waals surface area contributed by atoms with E-state index in [2.05, 4.69) is 10.3 Å². The Labute approximate surface area is 120 Å². The van der Waals surface area contributed by atoms with Gasteiger partial charge < -0.3 is 10.4 Å². The third-order valence-corrected chi connectivity index (χ3v) is 4.00. The van der Waals surface area contributed by atoms with Gasteiger partial charge in [0, 0.05) is 13.2 Å².